The molecule has 0 bridgehead atoms. The highest BCUT2D eigenvalue weighted by molar-refractivity contribution is 7.99. The number of rotatable bonds is 7. The zero-order valence-corrected chi connectivity index (χ0v) is 15.9. The van der Waals surface area contributed by atoms with Crippen molar-refractivity contribution in [1.29, 1.82) is 0 Å². The van der Waals surface area contributed by atoms with E-state index in [-0.39, 0.29) is 11.5 Å². The van der Waals surface area contributed by atoms with E-state index < -0.39 is 0 Å². The number of carbonyl (C=O) groups is 1. The van der Waals surface area contributed by atoms with Crippen LogP contribution in [-0.2, 0) is 6.54 Å². The summed E-state index contributed by atoms with van der Waals surface area (Å²) in [4.78, 5) is 30.1. The fraction of sp³-hybridized carbons (Fsp3) is 0.450. The molecule has 0 aliphatic heterocycles. The summed E-state index contributed by atoms with van der Waals surface area (Å²) < 4.78 is 1.56. The number of nitrogens with one attached hydrogen (secondary N) is 1. The van der Waals surface area contributed by atoms with E-state index >= 15 is 0 Å². The molecule has 1 fully saturated rings. The predicted molar refractivity (Wildman–Crippen MR) is 105 cm³/mol. The number of nitrogens with zero attached hydrogens (tertiary/aromatic N) is 2. The Labute approximate surface area is 158 Å². The summed E-state index contributed by atoms with van der Waals surface area (Å²) >= 11 is 1.65. The van der Waals surface area contributed by atoms with Gasteiger partial charge in [0, 0.05) is 30.0 Å². The van der Waals surface area contributed by atoms with E-state index in [0.29, 0.717) is 24.6 Å². The fourth-order valence-electron chi connectivity index (χ4n) is 3.37. The molecule has 1 saturated carbocycles. The van der Waals surface area contributed by atoms with Crippen molar-refractivity contribution in [3.05, 3.63) is 58.3 Å². The molecule has 1 aliphatic carbocycles. The van der Waals surface area contributed by atoms with Gasteiger partial charge < -0.3 is 5.32 Å². The Bertz CT molecular complexity index is 813. The largest absolute Gasteiger partial charge is 0.350 e. The maximum Gasteiger partial charge on any atom is 0.253 e. The molecule has 0 unspecified atom stereocenters. The first-order chi connectivity index (χ1) is 12.7. The van der Waals surface area contributed by atoms with E-state index in [2.05, 4.69) is 17.2 Å². The maximum absolute atomic E-state index is 12.4. The van der Waals surface area contributed by atoms with Crippen LogP contribution in [0.15, 0.2) is 46.3 Å². The van der Waals surface area contributed by atoms with Crippen molar-refractivity contribution in [2.75, 3.05) is 12.3 Å². The zero-order valence-electron chi connectivity index (χ0n) is 15.1. The molecule has 1 aliphatic rings. The molecule has 1 amide bonds. The Morgan fingerprint density at radius 3 is 2.81 bits per heavy atom. The summed E-state index contributed by atoms with van der Waals surface area (Å²) in [5.41, 5.74) is 1.55. The van der Waals surface area contributed by atoms with Crippen molar-refractivity contribution in [2.24, 2.45) is 0 Å². The SMILES string of the molecule is CCSc1ccccc1C(=O)NCCn1cnc(C2CCCC2)cc1=O. The van der Waals surface area contributed by atoms with Gasteiger partial charge in [0.05, 0.1) is 17.6 Å². The average molecular weight is 372 g/mol. The molecule has 0 saturated heterocycles. The van der Waals surface area contributed by atoms with Crippen LogP contribution in [0.1, 0.15) is 54.6 Å². The van der Waals surface area contributed by atoms with E-state index in [1.54, 1.807) is 28.7 Å². The van der Waals surface area contributed by atoms with Crippen LogP contribution < -0.4 is 10.9 Å². The van der Waals surface area contributed by atoms with Crippen LogP contribution in [0.2, 0.25) is 0 Å². The molecule has 0 atom stereocenters. The number of amides is 1. The molecule has 6 heteroatoms. The molecule has 3 rings (SSSR count). The summed E-state index contributed by atoms with van der Waals surface area (Å²) in [6, 6.07) is 9.25. The van der Waals surface area contributed by atoms with Gasteiger partial charge in [0.2, 0.25) is 0 Å². The molecule has 1 aromatic carbocycles. The zero-order chi connectivity index (χ0) is 18.4. The highest BCUT2D eigenvalue weighted by atomic mass is 32.2. The smallest absolute Gasteiger partial charge is 0.253 e. The first-order valence-corrected chi connectivity index (χ1v) is 10.2. The third-order valence-corrected chi connectivity index (χ3v) is 5.70. The van der Waals surface area contributed by atoms with Crippen LogP contribution in [0.25, 0.3) is 0 Å². The Hall–Kier alpha value is -2.08. The van der Waals surface area contributed by atoms with Crippen LogP contribution in [-0.4, -0.2) is 27.8 Å². The first kappa shape index (κ1) is 18.7. The van der Waals surface area contributed by atoms with E-state index in [1.807, 2.05) is 24.3 Å². The summed E-state index contributed by atoms with van der Waals surface area (Å²) in [5, 5.41) is 2.90. The van der Waals surface area contributed by atoms with E-state index in [1.165, 1.54) is 12.8 Å². The molecule has 138 valence electrons. The monoisotopic (exact) mass is 371 g/mol. The summed E-state index contributed by atoms with van der Waals surface area (Å²) in [5.74, 6) is 1.24. The lowest BCUT2D eigenvalue weighted by molar-refractivity contribution is 0.0949. The topological polar surface area (TPSA) is 64.0 Å². The number of thioether (sulfide) groups is 1. The van der Waals surface area contributed by atoms with Gasteiger partial charge in [-0.05, 0) is 30.7 Å². The number of hydrogen-bond donors (Lipinski definition) is 1. The second-order valence-corrected chi connectivity index (χ2v) is 7.82. The van der Waals surface area contributed by atoms with Crippen molar-refractivity contribution in [1.82, 2.24) is 14.9 Å². The molecule has 5 nitrogen and oxygen atoms in total. The highest BCUT2D eigenvalue weighted by Crippen LogP contribution is 2.32. The average Bonchev–Trinajstić information content (AvgIpc) is 3.18. The van der Waals surface area contributed by atoms with Gasteiger partial charge in [-0.25, -0.2) is 4.98 Å². The van der Waals surface area contributed by atoms with Gasteiger partial charge in [0.15, 0.2) is 0 Å². The summed E-state index contributed by atoms with van der Waals surface area (Å²) in [6.07, 6.45) is 6.31. The number of carbonyl (C=O) groups excluding carboxylic acids is 1. The number of hydrogen-bond acceptors (Lipinski definition) is 4. The summed E-state index contributed by atoms with van der Waals surface area (Å²) in [7, 11) is 0. The highest BCUT2D eigenvalue weighted by Gasteiger charge is 2.19. The first-order valence-electron chi connectivity index (χ1n) is 9.25. The summed E-state index contributed by atoms with van der Waals surface area (Å²) in [6.45, 7) is 2.88. The minimum absolute atomic E-state index is 0.0434. The van der Waals surface area contributed by atoms with Crippen molar-refractivity contribution >= 4 is 17.7 Å². The minimum atomic E-state index is -0.106. The maximum atomic E-state index is 12.4. The molecular formula is C20H25N3O2S. The fourth-order valence-corrected chi connectivity index (χ4v) is 4.18. The van der Waals surface area contributed by atoms with E-state index in [9.17, 15) is 9.59 Å². The molecule has 2 aromatic rings. The second-order valence-electron chi connectivity index (χ2n) is 6.51. The van der Waals surface area contributed by atoms with Crippen LogP contribution in [0.4, 0.5) is 0 Å². The number of aromatic nitrogens is 2. The van der Waals surface area contributed by atoms with Crippen LogP contribution in [0, 0.1) is 0 Å². The standard InChI is InChI=1S/C20H25N3O2S/c1-2-26-18-10-6-5-9-16(18)20(25)21-11-12-23-14-22-17(13-19(23)24)15-7-3-4-8-15/h5-6,9-10,13-15H,2-4,7-8,11-12H2,1H3,(H,21,25). The lowest BCUT2D eigenvalue weighted by Gasteiger charge is -2.12. The quantitative estimate of drug-likeness (QED) is 0.757. The molecule has 0 spiro atoms. The van der Waals surface area contributed by atoms with Gasteiger partial charge >= 0.3 is 0 Å². The molecule has 0 radical (unpaired) electrons. The minimum Gasteiger partial charge on any atom is -0.350 e. The lowest BCUT2D eigenvalue weighted by Crippen LogP contribution is -2.31. The molecule has 1 aromatic heterocycles. The molecular weight excluding hydrogens is 346 g/mol. The van der Waals surface area contributed by atoms with Gasteiger partial charge in [-0.1, -0.05) is 31.9 Å². The normalized spacial score (nSPS) is 14.5. The van der Waals surface area contributed by atoms with Crippen LogP contribution in [0.5, 0.6) is 0 Å². The van der Waals surface area contributed by atoms with E-state index in [0.717, 1.165) is 29.2 Å². The molecule has 26 heavy (non-hydrogen) atoms. The van der Waals surface area contributed by atoms with Gasteiger partial charge in [-0.15, -0.1) is 11.8 Å². The number of benzene rings is 1. The molecule has 1 N–H and O–H groups in total. The Morgan fingerprint density at radius 1 is 1.31 bits per heavy atom. The third-order valence-electron chi connectivity index (χ3n) is 4.74. The van der Waals surface area contributed by atoms with Crippen molar-refractivity contribution < 1.29 is 4.79 Å². The van der Waals surface area contributed by atoms with Crippen molar-refractivity contribution in [3.63, 3.8) is 0 Å². The van der Waals surface area contributed by atoms with Gasteiger partial charge in [-0.3, -0.25) is 14.2 Å². The second kappa shape index (κ2) is 9.03. The Morgan fingerprint density at radius 2 is 2.08 bits per heavy atom. The van der Waals surface area contributed by atoms with Gasteiger partial charge in [-0.2, -0.15) is 0 Å². The van der Waals surface area contributed by atoms with Crippen LogP contribution in [0.3, 0.4) is 0 Å². The van der Waals surface area contributed by atoms with Crippen molar-refractivity contribution in [3.8, 4) is 0 Å². The molecule has 1 heterocycles. The van der Waals surface area contributed by atoms with Gasteiger partial charge in [0.25, 0.3) is 11.5 Å². The predicted octanol–water partition coefficient (Wildman–Crippen LogP) is 3.44. The van der Waals surface area contributed by atoms with Crippen molar-refractivity contribution in [2.45, 2.75) is 50.0 Å². The Kier molecular flexibility index (Phi) is 6.50. The van der Waals surface area contributed by atoms with E-state index in [4.69, 9.17) is 0 Å². The third kappa shape index (κ3) is 4.55. The Balaban J connectivity index is 1.58. The van der Waals surface area contributed by atoms with Crippen LogP contribution >= 0.6 is 11.8 Å². The van der Waals surface area contributed by atoms with Gasteiger partial charge in [0.1, 0.15) is 0 Å². The lowest BCUT2D eigenvalue weighted by atomic mass is 10.0.